The third-order valence-corrected chi connectivity index (χ3v) is 4.26. The molecule has 0 bridgehead atoms. The molecule has 0 radical (unpaired) electrons. The molecule has 4 N–H and O–H groups in total. The van der Waals surface area contributed by atoms with Crippen LogP contribution in [-0.2, 0) is 0 Å². The second-order valence-corrected chi connectivity index (χ2v) is 6.02. The van der Waals surface area contributed by atoms with Crippen molar-refractivity contribution >= 4 is 23.6 Å². The number of hydrazone groups is 1. The van der Waals surface area contributed by atoms with Crippen molar-refractivity contribution in [2.24, 2.45) is 5.10 Å². The van der Waals surface area contributed by atoms with Crippen molar-refractivity contribution in [1.82, 2.24) is 30.7 Å². The Bertz CT molecular complexity index is 1040. The van der Waals surface area contributed by atoms with Crippen molar-refractivity contribution in [2.75, 3.05) is 23.7 Å². The zero-order valence-electron chi connectivity index (χ0n) is 16.2. The summed E-state index contributed by atoms with van der Waals surface area (Å²) in [5.41, 5.74) is 9.79. The molecule has 2 aromatic heterocycles. The number of aromatic hydroxyl groups is 1. The third kappa shape index (κ3) is 4.00. The number of carbonyl (C=O) groups is 1. The fourth-order valence-corrected chi connectivity index (χ4v) is 2.74. The molecular formula is C17H21N9O3. The normalized spacial score (nSPS) is 11.1. The van der Waals surface area contributed by atoms with Crippen LogP contribution >= 0.6 is 0 Å². The summed E-state index contributed by atoms with van der Waals surface area (Å²) in [7, 11) is 0. The van der Waals surface area contributed by atoms with Crippen molar-refractivity contribution < 1.29 is 14.5 Å². The molecule has 0 fully saturated rings. The lowest BCUT2D eigenvalue weighted by molar-refractivity contribution is 0.0946. The van der Waals surface area contributed by atoms with E-state index in [4.69, 9.17) is 5.73 Å². The van der Waals surface area contributed by atoms with E-state index in [1.807, 2.05) is 19.9 Å². The number of hydrogen-bond acceptors (Lipinski definition) is 10. The first-order valence-electron chi connectivity index (χ1n) is 8.88. The average molecular weight is 399 g/mol. The van der Waals surface area contributed by atoms with Gasteiger partial charge in [0.15, 0.2) is 5.69 Å². The number of hydrogen-bond donors (Lipinski definition) is 3. The summed E-state index contributed by atoms with van der Waals surface area (Å²) in [5, 5.41) is 28.9. The van der Waals surface area contributed by atoms with E-state index < -0.39 is 5.91 Å². The van der Waals surface area contributed by atoms with Gasteiger partial charge in [0, 0.05) is 30.4 Å². The quantitative estimate of drug-likeness (QED) is 0.386. The van der Waals surface area contributed by atoms with Crippen LogP contribution < -0.4 is 16.1 Å². The molecule has 0 saturated carbocycles. The summed E-state index contributed by atoms with van der Waals surface area (Å²) in [6, 6.07) is 5.25. The van der Waals surface area contributed by atoms with E-state index >= 15 is 0 Å². The van der Waals surface area contributed by atoms with E-state index in [9.17, 15) is 9.90 Å². The second kappa shape index (κ2) is 8.37. The van der Waals surface area contributed by atoms with Gasteiger partial charge in [0.1, 0.15) is 5.75 Å². The minimum atomic E-state index is -0.592. The molecular weight excluding hydrogens is 378 g/mol. The fourth-order valence-electron chi connectivity index (χ4n) is 2.74. The Morgan fingerprint density at radius 2 is 2.14 bits per heavy atom. The van der Waals surface area contributed by atoms with Crippen LogP contribution in [0.4, 0.5) is 11.5 Å². The summed E-state index contributed by atoms with van der Waals surface area (Å²) in [5.74, 6) is -0.530. The molecule has 1 aromatic carbocycles. The Morgan fingerprint density at radius 3 is 2.76 bits per heavy atom. The average Bonchev–Trinajstić information content (AvgIpc) is 3.29. The van der Waals surface area contributed by atoms with Crippen molar-refractivity contribution in [3.63, 3.8) is 0 Å². The Morgan fingerprint density at radius 1 is 1.38 bits per heavy atom. The lowest BCUT2D eigenvalue weighted by Crippen LogP contribution is -2.23. The first kappa shape index (κ1) is 19.8. The summed E-state index contributed by atoms with van der Waals surface area (Å²) >= 11 is 0. The minimum Gasteiger partial charge on any atom is -0.507 e. The van der Waals surface area contributed by atoms with Gasteiger partial charge in [-0.25, -0.2) is 10.1 Å². The van der Waals surface area contributed by atoms with Crippen LogP contribution in [-0.4, -0.2) is 55.6 Å². The molecule has 0 spiro atoms. The van der Waals surface area contributed by atoms with Crippen LogP contribution in [0.1, 0.15) is 35.6 Å². The number of phenols is 1. The Balaban J connectivity index is 1.76. The van der Waals surface area contributed by atoms with Crippen LogP contribution in [0.25, 0.3) is 5.82 Å². The molecule has 0 aliphatic carbocycles. The maximum absolute atomic E-state index is 12.5. The highest BCUT2D eigenvalue weighted by Gasteiger charge is 2.22. The van der Waals surface area contributed by atoms with Gasteiger partial charge in [-0.15, -0.1) is 5.10 Å². The number of nitrogens with zero attached hydrogens (tertiary/aromatic N) is 7. The highest BCUT2D eigenvalue weighted by atomic mass is 16.6. The monoisotopic (exact) mass is 399 g/mol. The van der Waals surface area contributed by atoms with E-state index in [1.54, 1.807) is 19.1 Å². The molecule has 0 aliphatic rings. The van der Waals surface area contributed by atoms with Crippen LogP contribution in [0.15, 0.2) is 27.9 Å². The van der Waals surface area contributed by atoms with E-state index in [2.05, 4.69) is 40.7 Å². The van der Waals surface area contributed by atoms with Crippen LogP contribution in [0.3, 0.4) is 0 Å². The molecule has 0 atom stereocenters. The minimum absolute atomic E-state index is 0.0364. The number of amides is 1. The van der Waals surface area contributed by atoms with Gasteiger partial charge in [0.25, 0.3) is 5.91 Å². The molecule has 0 aliphatic heterocycles. The Labute approximate surface area is 166 Å². The molecule has 2 heterocycles. The Hall–Kier alpha value is -3.96. The van der Waals surface area contributed by atoms with E-state index in [-0.39, 0.29) is 23.1 Å². The van der Waals surface area contributed by atoms with Gasteiger partial charge in [0.05, 0.1) is 11.9 Å². The first-order valence-corrected chi connectivity index (χ1v) is 8.88. The van der Waals surface area contributed by atoms with Crippen LogP contribution in [0, 0.1) is 6.92 Å². The number of carbonyl (C=O) groups excluding carboxylic acids is 1. The molecule has 12 heteroatoms. The zero-order valence-corrected chi connectivity index (χ0v) is 16.2. The number of rotatable bonds is 7. The molecule has 12 nitrogen and oxygen atoms in total. The molecule has 152 valence electrons. The highest BCUT2D eigenvalue weighted by molar-refractivity contribution is 5.95. The van der Waals surface area contributed by atoms with Crippen molar-refractivity contribution in [3.05, 3.63) is 35.2 Å². The number of nitrogen functional groups attached to an aromatic ring is 1. The van der Waals surface area contributed by atoms with Crippen LogP contribution in [0.5, 0.6) is 5.75 Å². The maximum Gasteiger partial charge on any atom is 0.292 e. The largest absolute Gasteiger partial charge is 0.507 e. The topological polar surface area (TPSA) is 161 Å². The standard InChI is InChI=1S/C17H21N9O3/c1-4-25(5-2)12-7-6-11(13(27)8-12)9-19-21-17(28)14-10(3)20-24-26(14)16-15(18)22-29-23-16/h6-9,27H,4-5H2,1-3H3,(H2,18,22)(H,21,28). The van der Waals surface area contributed by atoms with Crippen molar-refractivity contribution in [3.8, 4) is 11.6 Å². The van der Waals surface area contributed by atoms with Gasteiger partial charge in [0.2, 0.25) is 11.6 Å². The van der Waals surface area contributed by atoms with Gasteiger partial charge in [-0.05, 0) is 43.2 Å². The summed E-state index contributed by atoms with van der Waals surface area (Å²) in [6.07, 6.45) is 1.34. The Kier molecular flexibility index (Phi) is 5.71. The number of phenolic OH excluding ortho intramolecular Hbond substituents is 1. The van der Waals surface area contributed by atoms with E-state index in [0.717, 1.165) is 23.5 Å². The molecule has 29 heavy (non-hydrogen) atoms. The zero-order chi connectivity index (χ0) is 21.0. The van der Waals surface area contributed by atoms with Gasteiger partial charge in [-0.1, -0.05) is 5.21 Å². The SMILES string of the molecule is CCN(CC)c1ccc(C=NNC(=O)c2c(C)nnn2-c2nonc2N)c(O)c1. The number of nitrogens with two attached hydrogens (primary N) is 1. The lowest BCUT2D eigenvalue weighted by atomic mass is 10.2. The number of aryl methyl sites for hydroxylation is 1. The van der Waals surface area contributed by atoms with Crippen LogP contribution in [0.2, 0.25) is 0 Å². The van der Waals surface area contributed by atoms with Crippen molar-refractivity contribution in [1.29, 1.82) is 0 Å². The lowest BCUT2D eigenvalue weighted by Gasteiger charge is -2.21. The fraction of sp³-hybridized carbons (Fsp3) is 0.294. The number of aromatic nitrogens is 5. The summed E-state index contributed by atoms with van der Waals surface area (Å²) in [6.45, 7) is 7.33. The molecule has 3 aromatic rings. The summed E-state index contributed by atoms with van der Waals surface area (Å²) < 4.78 is 5.65. The number of anilines is 2. The highest BCUT2D eigenvalue weighted by Crippen LogP contribution is 2.23. The predicted octanol–water partition coefficient (Wildman–Crippen LogP) is 0.857. The number of benzene rings is 1. The third-order valence-electron chi connectivity index (χ3n) is 4.26. The first-order chi connectivity index (χ1) is 14.0. The molecule has 0 unspecified atom stereocenters. The van der Waals surface area contributed by atoms with E-state index in [0.29, 0.717) is 11.3 Å². The van der Waals surface area contributed by atoms with Gasteiger partial charge < -0.3 is 15.7 Å². The summed E-state index contributed by atoms with van der Waals surface area (Å²) in [4.78, 5) is 14.6. The molecule has 0 saturated heterocycles. The van der Waals surface area contributed by atoms with Gasteiger partial charge in [-0.3, -0.25) is 4.79 Å². The number of nitrogens with one attached hydrogen (secondary N) is 1. The maximum atomic E-state index is 12.5. The molecule has 1 amide bonds. The van der Waals surface area contributed by atoms with Crippen molar-refractivity contribution in [2.45, 2.75) is 20.8 Å². The van der Waals surface area contributed by atoms with Gasteiger partial charge in [-0.2, -0.15) is 9.78 Å². The predicted molar refractivity (Wildman–Crippen MR) is 105 cm³/mol. The van der Waals surface area contributed by atoms with E-state index in [1.165, 1.54) is 6.21 Å². The second-order valence-electron chi connectivity index (χ2n) is 6.02. The molecule has 3 rings (SSSR count). The van der Waals surface area contributed by atoms with Gasteiger partial charge >= 0.3 is 0 Å². The smallest absolute Gasteiger partial charge is 0.292 e.